The largest absolute Gasteiger partial charge is 0.363 e. The monoisotopic (exact) mass is 391 g/mol. The molecule has 1 N–H and O–H groups in total. The zero-order valence-electron chi connectivity index (χ0n) is 14.9. The predicted octanol–water partition coefficient (Wildman–Crippen LogP) is 1.22. The van der Waals surface area contributed by atoms with Crippen molar-refractivity contribution in [3.05, 3.63) is 58.4 Å². The Morgan fingerprint density at radius 2 is 1.93 bits per heavy atom. The van der Waals surface area contributed by atoms with E-state index >= 15 is 0 Å². The molecular weight excluding hydrogens is 370 g/mol. The molecule has 0 amide bonds. The highest BCUT2D eigenvalue weighted by Crippen LogP contribution is 2.31. The highest BCUT2D eigenvalue weighted by atomic mass is 32.2. The third kappa shape index (κ3) is 4.41. The molecule has 0 radical (unpaired) electrons. The van der Waals surface area contributed by atoms with Gasteiger partial charge >= 0.3 is 0 Å². The number of nitro benzene ring substituents is 1. The maximum absolute atomic E-state index is 11.9. The number of hydrogen-bond donors (Lipinski definition) is 1. The second kappa shape index (κ2) is 7.99. The second-order valence-corrected chi connectivity index (χ2v) is 8.09. The summed E-state index contributed by atoms with van der Waals surface area (Å²) >= 11 is 0. The van der Waals surface area contributed by atoms with Gasteiger partial charge in [0.2, 0.25) is 10.0 Å². The molecule has 3 rings (SSSR count). The quantitative estimate of drug-likeness (QED) is 0.582. The highest BCUT2D eigenvalue weighted by Gasteiger charge is 2.26. The van der Waals surface area contributed by atoms with Crippen molar-refractivity contribution in [2.45, 2.75) is 11.4 Å². The molecule has 9 nitrogen and oxygen atoms in total. The van der Waals surface area contributed by atoms with Crippen LogP contribution in [0.4, 0.5) is 11.4 Å². The van der Waals surface area contributed by atoms with Crippen LogP contribution in [0.1, 0.15) is 5.69 Å². The van der Waals surface area contributed by atoms with Crippen molar-refractivity contribution in [3.63, 3.8) is 0 Å². The van der Waals surface area contributed by atoms with E-state index in [2.05, 4.69) is 14.6 Å². The fraction of sp³-hybridized carbons (Fsp3) is 0.353. The molecule has 1 aromatic heterocycles. The Hall–Kier alpha value is -2.56. The summed E-state index contributed by atoms with van der Waals surface area (Å²) in [6.45, 7) is 3.45. The lowest BCUT2D eigenvalue weighted by Gasteiger charge is -2.35. The van der Waals surface area contributed by atoms with Gasteiger partial charge in [-0.3, -0.25) is 20.0 Å². The van der Waals surface area contributed by atoms with Gasteiger partial charge in [0.1, 0.15) is 5.69 Å². The molecule has 10 heteroatoms. The fourth-order valence-corrected chi connectivity index (χ4v) is 3.82. The number of sulfonamides is 1. The van der Waals surface area contributed by atoms with E-state index < -0.39 is 14.9 Å². The van der Waals surface area contributed by atoms with E-state index in [1.165, 1.54) is 19.2 Å². The Bertz CT molecular complexity index is 912. The van der Waals surface area contributed by atoms with Crippen LogP contribution in [0.5, 0.6) is 0 Å². The van der Waals surface area contributed by atoms with Gasteiger partial charge in [-0.25, -0.2) is 13.1 Å². The van der Waals surface area contributed by atoms with Gasteiger partial charge in [-0.05, 0) is 31.3 Å². The number of pyridine rings is 1. The van der Waals surface area contributed by atoms with Crippen LogP contribution in [-0.2, 0) is 16.6 Å². The van der Waals surface area contributed by atoms with Crippen molar-refractivity contribution in [2.24, 2.45) is 0 Å². The number of piperazine rings is 1. The molecule has 0 unspecified atom stereocenters. The van der Waals surface area contributed by atoms with E-state index in [0.29, 0.717) is 18.8 Å². The van der Waals surface area contributed by atoms with Crippen LogP contribution in [0.15, 0.2) is 47.5 Å². The molecular formula is C17H21N5O4S. The summed E-state index contributed by atoms with van der Waals surface area (Å²) in [6.07, 6.45) is 1.76. The standard InChI is InChI=1S/C17H21N5O4S/c1-18-27(25,26)15-5-6-16(17(12-15)22(23)24)21-10-8-20(9-11-21)13-14-4-2-3-7-19-14/h2-7,12,18H,8-11,13H2,1H3. The van der Waals surface area contributed by atoms with Crippen molar-refractivity contribution >= 4 is 21.4 Å². The SMILES string of the molecule is CNS(=O)(=O)c1ccc(N2CCN(Cc3ccccn3)CC2)c([N+](=O)[O-])c1. The number of nitro groups is 1. The van der Waals surface area contributed by atoms with E-state index in [-0.39, 0.29) is 10.6 Å². The minimum absolute atomic E-state index is 0.116. The first-order chi connectivity index (χ1) is 12.9. The van der Waals surface area contributed by atoms with E-state index in [9.17, 15) is 18.5 Å². The number of hydrogen-bond acceptors (Lipinski definition) is 7. The molecule has 1 saturated heterocycles. The van der Waals surface area contributed by atoms with Crippen LogP contribution in [0.3, 0.4) is 0 Å². The molecule has 1 aromatic carbocycles. The Kier molecular flexibility index (Phi) is 5.68. The van der Waals surface area contributed by atoms with Gasteiger partial charge in [-0.2, -0.15) is 0 Å². The van der Waals surface area contributed by atoms with Gasteiger partial charge in [0.25, 0.3) is 5.69 Å². The summed E-state index contributed by atoms with van der Waals surface area (Å²) in [4.78, 5) is 19.3. The molecule has 1 aliphatic rings. The van der Waals surface area contributed by atoms with Crippen molar-refractivity contribution in [2.75, 3.05) is 38.1 Å². The molecule has 0 saturated carbocycles. The summed E-state index contributed by atoms with van der Waals surface area (Å²) in [5, 5.41) is 11.5. The van der Waals surface area contributed by atoms with E-state index in [1.807, 2.05) is 23.1 Å². The molecule has 2 aromatic rings. The Morgan fingerprint density at radius 1 is 1.19 bits per heavy atom. The molecule has 1 fully saturated rings. The van der Waals surface area contributed by atoms with Gasteiger partial charge in [0.05, 0.1) is 15.5 Å². The summed E-state index contributed by atoms with van der Waals surface area (Å²) in [7, 11) is -2.46. The molecule has 0 bridgehead atoms. The van der Waals surface area contributed by atoms with Gasteiger partial charge < -0.3 is 4.90 Å². The third-order valence-corrected chi connectivity index (χ3v) is 5.96. The first-order valence-corrected chi connectivity index (χ1v) is 9.98. The molecule has 144 valence electrons. The van der Waals surface area contributed by atoms with Crippen molar-refractivity contribution in [1.29, 1.82) is 0 Å². The number of aromatic nitrogens is 1. The van der Waals surface area contributed by atoms with Crippen LogP contribution in [0, 0.1) is 10.1 Å². The summed E-state index contributed by atoms with van der Waals surface area (Å²) in [5.74, 6) is 0. The average Bonchev–Trinajstić information content (AvgIpc) is 2.69. The first-order valence-electron chi connectivity index (χ1n) is 8.50. The lowest BCUT2D eigenvalue weighted by molar-refractivity contribution is -0.384. The minimum atomic E-state index is -3.73. The highest BCUT2D eigenvalue weighted by molar-refractivity contribution is 7.89. The molecule has 0 spiro atoms. The Labute approximate surface area is 157 Å². The average molecular weight is 391 g/mol. The number of rotatable bonds is 6. The van der Waals surface area contributed by atoms with Crippen molar-refractivity contribution in [1.82, 2.24) is 14.6 Å². The molecule has 1 aliphatic heterocycles. The summed E-state index contributed by atoms with van der Waals surface area (Å²) in [5.41, 5.74) is 1.22. The number of anilines is 1. The van der Waals surface area contributed by atoms with Gasteiger partial charge in [-0.15, -0.1) is 0 Å². The molecule has 0 aliphatic carbocycles. The fourth-order valence-electron chi connectivity index (χ4n) is 3.07. The minimum Gasteiger partial charge on any atom is -0.363 e. The van der Waals surface area contributed by atoms with E-state index in [0.717, 1.165) is 31.4 Å². The molecule has 2 heterocycles. The number of benzene rings is 1. The van der Waals surface area contributed by atoms with Gasteiger partial charge in [0.15, 0.2) is 0 Å². The van der Waals surface area contributed by atoms with Crippen molar-refractivity contribution in [3.8, 4) is 0 Å². The molecule has 0 atom stereocenters. The normalized spacial score (nSPS) is 15.7. The van der Waals surface area contributed by atoms with Crippen LogP contribution in [0.25, 0.3) is 0 Å². The zero-order valence-corrected chi connectivity index (χ0v) is 15.7. The topological polar surface area (TPSA) is 109 Å². The first kappa shape index (κ1) is 19.2. The smallest absolute Gasteiger partial charge is 0.293 e. The van der Waals surface area contributed by atoms with Gasteiger partial charge in [0, 0.05) is 45.0 Å². The Balaban J connectivity index is 1.74. The second-order valence-electron chi connectivity index (χ2n) is 6.20. The third-order valence-electron chi connectivity index (χ3n) is 4.55. The van der Waals surface area contributed by atoms with E-state index in [1.54, 1.807) is 6.20 Å². The van der Waals surface area contributed by atoms with Crippen LogP contribution < -0.4 is 9.62 Å². The summed E-state index contributed by atoms with van der Waals surface area (Å²) in [6, 6.07) is 9.81. The van der Waals surface area contributed by atoms with Crippen LogP contribution in [-0.4, -0.2) is 56.5 Å². The van der Waals surface area contributed by atoms with Gasteiger partial charge in [-0.1, -0.05) is 6.07 Å². The van der Waals surface area contributed by atoms with Crippen molar-refractivity contribution < 1.29 is 13.3 Å². The Morgan fingerprint density at radius 3 is 2.52 bits per heavy atom. The van der Waals surface area contributed by atoms with Crippen LogP contribution in [0.2, 0.25) is 0 Å². The lowest BCUT2D eigenvalue weighted by Crippen LogP contribution is -2.46. The molecule has 27 heavy (non-hydrogen) atoms. The zero-order chi connectivity index (χ0) is 19.4. The van der Waals surface area contributed by atoms with Crippen LogP contribution >= 0.6 is 0 Å². The lowest BCUT2D eigenvalue weighted by atomic mass is 10.2. The number of nitrogens with one attached hydrogen (secondary N) is 1. The maximum atomic E-state index is 11.9. The van der Waals surface area contributed by atoms with E-state index in [4.69, 9.17) is 0 Å². The summed E-state index contributed by atoms with van der Waals surface area (Å²) < 4.78 is 26.0. The predicted molar refractivity (Wildman–Crippen MR) is 101 cm³/mol. The number of nitrogens with zero attached hydrogens (tertiary/aromatic N) is 4. The maximum Gasteiger partial charge on any atom is 0.293 e.